The van der Waals surface area contributed by atoms with Crippen molar-refractivity contribution in [3.05, 3.63) is 64.7 Å². The third-order valence-electron chi connectivity index (χ3n) is 3.27. The van der Waals surface area contributed by atoms with Crippen LogP contribution in [0.15, 0.2) is 53.4 Å². The van der Waals surface area contributed by atoms with E-state index in [0.717, 1.165) is 21.2 Å². The van der Waals surface area contributed by atoms with Gasteiger partial charge >= 0.3 is 0 Å². The first-order chi connectivity index (χ1) is 11.5. The smallest absolute Gasteiger partial charge is 0.251 e. The highest BCUT2D eigenvalue weighted by atomic mass is 35.5. The molecular formula is C19H22ClNO2S. The zero-order chi connectivity index (χ0) is 17.4. The monoisotopic (exact) mass is 363 g/mol. The van der Waals surface area contributed by atoms with Crippen molar-refractivity contribution in [2.24, 2.45) is 0 Å². The van der Waals surface area contributed by atoms with Crippen LogP contribution in [0.1, 0.15) is 29.8 Å². The summed E-state index contributed by atoms with van der Waals surface area (Å²) in [6.07, 6.45) is 0.200. The van der Waals surface area contributed by atoms with Crippen molar-refractivity contribution in [1.29, 1.82) is 0 Å². The minimum Gasteiger partial charge on any atom is -0.374 e. The van der Waals surface area contributed by atoms with E-state index in [1.807, 2.05) is 62.4 Å². The third kappa shape index (κ3) is 6.56. The first-order valence-electron chi connectivity index (χ1n) is 7.91. The number of ether oxygens (including phenoxy) is 1. The van der Waals surface area contributed by atoms with Gasteiger partial charge in [0.15, 0.2) is 0 Å². The number of benzene rings is 2. The van der Waals surface area contributed by atoms with Gasteiger partial charge in [0, 0.05) is 27.8 Å². The van der Waals surface area contributed by atoms with Crippen LogP contribution in [0.4, 0.5) is 0 Å². The highest BCUT2D eigenvalue weighted by Crippen LogP contribution is 2.19. The highest BCUT2D eigenvalue weighted by molar-refractivity contribution is 7.99. The Labute approximate surface area is 152 Å². The van der Waals surface area contributed by atoms with Gasteiger partial charge in [-0.05, 0) is 55.8 Å². The predicted molar refractivity (Wildman–Crippen MR) is 101 cm³/mol. The Bertz CT molecular complexity index is 641. The maximum absolute atomic E-state index is 12.1. The van der Waals surface area contributed by atoms with Crippen molar-refractivity contribution < 1.29 is 9.53 Å². The molecule has 2 aromatic carbocycles. The van der Waals surface area contributed by atoms with E-state index in [1.54, 1.807) is 11.8 Å². The van der Waals surface area contributed by atoms with Gasteiger partial charge in [-0.3, -0.25) is 4.79 Å². The van der Waals surface area contributed by atoms with E-state index >= 15 is 0 Å². The van der Waals surface area contributed by atoms with Crippen LogP contribution in [0, 0.1) is 0 Å². The second-order valence-corrected chi connectivity index (χ2v) is 7.22. The van der Waals surface area contributed by atoms with Crippen LogP contribution in [0.25, 0.3) is 0 Å². The van der Waals surface area contributed by atoms with Crippen molar-refractivity contribution in [3.63, 3.8) is 0 Å². The zero-order valence-corrected chi connectivity index (χ0v) is 15.5. The zero-order valence-electron chi connectivity index (χ0n) is 13.9. The molecular weight excluding hydrogens is 342 g/mol. The molecule has 2 rings (SSSR count). The molecule has 0 saturated carbocycles. The summed E-state index contributed by atoms with van der Waals surface area (Å²) in [6, 6.07) is 15.2. The summed E-state index contributed by atoms with van der Waals surface area (Å²) < 4.78 is 5.55. The number of rotatable bonds is 8. The average Bonchev–Trinajstić information content (AvgIpc) is 2.58. The van der Waals surface area contributed by atoms with E-state index in [0.29, 0.717) is 18.7 Å². The molecule has 128 valence electrons. The Morgan fingerprint density at radius 1 is 1.12 bits per heavy atom. The molecule has 1 amide bonds. The lowest BCUT2D eigenvalue weighted by atomic mass is 10.1. The number of amides is 1. The molecule has 0 aliphatic rings. The van der Waals surface area contributed by atoms with Gasteiger partial charge < -0.3 is 10.1 Å². The van der Waals surface area contributed by atoms with Gasteiger partial charge in [0.25, 0.3) is 5.91 Å². The quantitative estimate of drug-likeness (QED) is 0.541. The molecule has 0 aliphatic heterocycles. The normalized spacial score (nSPS) is 10.8. The SMILES string of the molecule is CC(C)OCc1ccc(C(=O)NCCSc2ccc(Cl)cc2)cc1. The fraction of sp³-hybridized carbons (Fsp3) is 0.316. The summed E-state index contributed by atoms with van der Waals surface area (Å²) in [5, 5.41) is 3.66. The van der Waals surface area contributed by atoms with Crippen molar-refractivity contribution in [3.8, 4) is 0 Å². The Balaban J connectivity index is 1.72. The van der Waals surface area contributed by atoms with E-state index in [9.17, 15) is 4.79 Å². The Kier molecular flexibility index (Phi) is 7.63. The summed E-state index contributed by atoms with van der Waals surface area (Å²) >= 11 is 7.54. The highest BCUT2D eigenvalue weighted by Gasteiger charge is 2.05. The molecule has 3 nitrogen and oxygen atoms in total. The Morgan fingerprint density at radius 2 is 1.79 bits per heavy atom. The molecule has 0 unspecified atom stereocenters. The van der Waals surface area contributed by atoms with E-state index in [2.05, 4.69) is 5.32 Å². The fourth-order valence-electron chi connectivity index (χ4n) is 1.98. The predicted octanol–water partition coefficient (Wildman–Crippen LogP) is 4.79. The third-order valence-corrected chi connectivity index (χ3v) is 4.54. The summed E-state index contributed by atoms with van der Waals surface area (Å²) in [6.45, 7) is 5.19. The fourth-order valence-corrected chi connectivity index (χ4v) is 2.88. The molecule has 1 N–H and O–H groups in total. The maximum atomic E-state index is 12.1. The average molecular weight is 364 g/mol. The van der Waals surface area contributed by atoms with Crippen LogP contribution in [-0.4, -0.2) is 24.3 Å². The summed E-state index contributed by atoms with van der Waals surface area (Å²) in [5.41, 5.74) is 1.73. The van der Waals surface area contributed by atoms with Crippen LogP contribution in [0.5, 0.6) is 0 Å². The van der Waals surface area contributed by atoms with E-state index in [1.165, 1.54) is 0 Å². The number of carbonyl (C=O) groups is 1. The van der Waals surface area contributed by atoms with Crippen LogP contribution in [0.2, 0.25) is 5.02 Å². The van der Waals surface area contributed by atoms with Crippen molar-refractivity contribution in [1.82, 2.24) is 5.32 Å². The lowest BCUT2D eigenvalue weighted by molar-refractivity contribution is 0.0657. The van der Waals surface area contributed by atoms with Crippen LogP contribution >= 0.6 is 23.4 Å². The minimum absolute atomic E-state index is 0.0527. The summed E-state index contributed by atoms with van der Waals surface area (Å²) in [7, 11) is 0. The second kappa shape index (κ2) is 9.72. The van der Waals surface area contributed by atoms with E-state index < -0.39 is 0 Å². The number of halogens is 1. The van der Waals surface area contributed by atoms with E-state index in [4.69, 9.17) is 16.3 Å². The topological polar surface area (TPSA) is 38.3 Å². The van der Waals surface area contributed by atoms with Gasteiger partial charge in [-0.2, -0.15) is 0 Å². The van der Waals surface area contributed by atoms with Gasteiger partial charge in [-0.15, -0.1) is 11.8 Å². The number of nitrogens with one attached hydrogen (secondary N) is 1. The van der Waals surface area contributed by atoms with Gasteiger partial charge in [0.1, 0.15) is 0 Å². The number of thioether (sulfide) groups is 1. The number of hydrogen-bond donors (Lipinski definition) is 1. The molecule has 0 saturated heterocycles. The lowest BCUT2D eigenvalue weighted by Crippen LogP contribution is -2.25. The maximum Gasteiger partial charge on any atom is 0.251 e. The molecule has 2 aromatic rings. The molecule has 0 fully saturated rings. The molecule has 0 radical (unpaired) electrons. The van der Waals surface area contributed by atoms with Crippen molar-refractivity contribution in [2.75, 3.05) is 12.3 Å². The van der Waals surface area contributed by atoms with Crippen molar-refractivity contribution in [2.45, 2.75) is 31.5 Å². The van der Waals surface area contributed by atoms with Gasteiger partial charge in [0.2, 0.25) is 0 Å². The van der Waals surface area contributed by atoms with Crippen LogP contribution in [-0.2, 0) is 11.3 Å². The molecule has 0 aliphatic carbocycles. The Morgan fingerprint density at radius 3 is 2.42 bits per heavy atom. The summed E-state index contributed by atoms with van der Waals surface area (Å²) in [5.74, 6) is 0.760. The molecule has 0 aromatic heterocycles. The van der Waals surface area contributed by atoms with Gasteiger partial charge in [0.05, 0.1) is 12.7 Å². The molecule has 5 heteroatoms. The molecule has 0 bridgehead atoms. The van der Waals surface area contributed by atoms with Crippen LogP contribution < -0.4 is 5.32 Å². The molecule has 24 heavy (non-hydrogen) atoms. The number of hydrogen-bond acceptors (Lipinski definition) is 3. The largest absolute Gasteiger partial charge is 0.374 e. The first kappa shape index (κ1) is 18.8. The molecule has 0 spiro atoms. The van der Waals surface area contributed by atoms with Gasteiger partial charge in [-0.25, -0.2) is 0 Å². The second-order valence-electron chi connectivity index (χ2n) is 5.61. The lowest BCUT2D eigenvalue weighted by Gasteiger charge is -2.09. The molecule has 0 atom stereocenters. The molecule has 0 heterocycles. The van der Waals surface area contributed by atoms with E-state index in [-0.39, 0.29) is 12.0 Å². The standard InChI is InChI=1S/C19H22ClNO2S/c1-14(2)23-13-15-3-5-16(6-4-15)19(22)21-11-12-24-18-9-7-17(20)8-10-18/h3-10,14H,11-13H2,1-2H3,(H,21,22). The summed E-state index contributed by atoms with van der Waals surface area (Å²) in [4.78, 5) is 13.3. The van der Waals surface area contributed by atoms with Crippen LogP contribution in [0.3, 0.4) is 0 Å². The van der Waals surface area contributed by atoms with Crippen molar-refractivity contribution >= 4 is 29.3 Å². The minimum atomic E-state index is -0.0527. The number of carbonyl (C=O) groups excluding carboxylic acids is 1. The van der Waals surface area contributed by atoms with Gasteiger partial charge in [-0.1, -0.05) is 23.7 Å². The first-order valence-corrected chi connectivity index (χ1v) is 9.28. The Hall–Kier alpha value is -1.49.